The van der Waals surface area contributed by atoms with Crippen molar-refractivity contribution in [2.45, 2.75) is 58.3 Å². The second-order valence-electron chi connectivity index (χ2n) is 4.48. The van der Waals surface area contributed by atoms with Crippen molar-refractivity contribution in [2.24, 2.45) is 0 Å². The molecule has 2 heteroatoms. The third kappa shape index (κ3) is 17.3. The Morgan fingerprint density at radius 2 is 1.23 bits per heavy atom. The maximum atomic E-state index is 10.0. The topological polar surface area (TPSA) is 37.3 Å². The zero-order chi connectivity index (χ0) is 16.3. The molecule has 112 valence electrons. The van der Waals surface area contributed by atoms with Crippen LogP contribution in [0.2, 0.25) is 0 Å². The Hall–Kier alpha value is -2.73. The molecule has 2 nitrogen and oxygen atoms in total. The van der Waals surface area contributed by atoms with Gasteiger partial charge in [-0.2, -0.15) is 0 Å². The summed E-state index contributed by atoms with van der Waals surface area (Å²) in [4.78, 5) is 10.0. The van der Waals surface area contributed by atoms with Gasteiger partial charge in [-0.05, 0) is 53.8 Å². The van der Waals surface area contributed by atoms with Gasteiger partial charge in [0.05, 0.1) is 0 Å². The summed E-state index contributed by atoms with van der Waals surface area (Å²) in [6, 6.07) is 0. The first kappa shape index (κ1) is 19.3. The largest absolute Gasteiger partial charge is 0.472 e. The highest BCUT2D eigenvalue weighted by atomic mass is 16.4. The van der Waals surface area contributed by atoms with Crippen LogP contribution in [0, 0.1) is 59.2 Å². The molecule has 0 aliphatic rings. The van der Waals surface area contributed by atoms with Crippen LogP contribution in [-0.2, 0) is 4.79 Å². The molecule has 22 heavy (non-hydrogen) atoms. The minimum absolute atomic E-state index is 0.875. The SMILES string of the molecule is CCCCCCCCCC#CC#CC#CC#CC#CC(=O)O. The Morgan fingerprint density at radius 3 is 1.82 bits per heavy atom. The fraction of sp³-hybridized carbons (Fsp3) is 0.450. The van der Waals surface area contributed by atoms with E-state index in [9.17, 15) is 4.79 Å². The summed E-state index contributed by atoms with van der Waals surface area (Å²) in [7, 11) is 0. The average Bonchev–Trinajstić information content (AvgIpc) is 2.50. The first-order chi connectivity index (χ1) is 10.8. The van der Waals surface area contributed by atoms with Crippen LogP contribution in [-0.4, -0.2) is 11.1 Å². The lowest BCUT2D eigenvalue weighted by atomic mass is 10.1. The molecule has 0 radical (unpaired) electrons. The molecule has 0 saturated carbocycles. The Labute approximate surface area is 134 Å². The van der Waals surface area contributed by atoms with Crippen molar-refractivity contribution in [1.82, 2.24) is 0 Å². The average molecular weight is 292 g/mol. The van der Waals surface area contributed by atoms with Gasteiger partial charge in [-0.25, -0.2) is 4.79 Å². The fourth-order valence-electron chi connectivity index (χ4n) is 1.55. The third-order valence-corrected chi connectivity index (χ3v) is 2.60. The third-order valence-electron chi connectivity index (χ3n) is 2.60. The van der Waals surface area contributed by atoms with Gasteiger partial charge >= 0.3 is 5.97 Å². The zero-order valence-electron chi connectivity index (χ0n) is 13.0. The quantitative estimate of drug-likeness (QED) is 0.578. The molecule has 0 aromatic heterocycles. The van der Waals surface area contributed by atoms with Crippen LogP contribution < -0.4 is 0 Å². The number of carboxylic acids is 1. The van der Waals surface area contributed by atoms with Gasteiger partial charge in [-0.1, -0.05) is 51.4 Å². The molecule has 0 spiro atoms. The lowest BCUT2D eigenvalue weighted by Gasteiger charge is -1.97. The number of hydrogen-bond acceptors (Lipinski definition) is 1. The van der Waals surface area contributed by atoms with E-state index >= 15 is 0 Å². The molecule has 0 amide bonds. The highest BCUT2D eigenvalue weighted by molar-refractivity contribution is 5.87. The van der Waals surface area contributed by atoms with Gasteiger partial charge in [-0.15, -0.1) is 0 Å². The van der Waals surface area contributed by atoms with Crippen LogP contribution in [0.25, 0.3) is 0 Å². The molecular weight excluding hydrogens is 272 g/mol. The molecule has 0 aliphatic carbocycles. The molecule has 0 aromatic carbocycles. The minimum Gasteiger partial charge on any atom is -0.472 e. The van der Waals surface area contributed by atoms with Crippen LogP contribution in [0.3, 0.4) is 0 Å². The van der Waals surface area contributed by atoms with E-state index in [-0.39, 0.29) is 0 Å². The second-order valence-corrected chi connectivity index (χ2v) is 4.48. The van der Waals surface area contributed by atoms with Gasteiger partial charge < -0.3 is 5.11 Å². The van der Waals surface area contributed by atoms with E-state index in [4.69, 9.17) is 5.11 Å². The number of unbranched alkanes of at least 4 members (excludes halogenated alkanes) is 7. The van der Waals surface area contributed by atoms with Gasteiger partial charge in [0.25, 0.3) is 0 Å². The summed E-state index contributed by atoms with van der Waals surface area (Å²) in [5.74, 6) is 23.3. The molecule has 0 heterocycles. The molecule has 1 N–H and O–H groups in total. The monoisotopic (exact) mass is 292 g/mol. The lowest BCUT2D eigenvalue weighted by Crippen LogP contribution is -1.85. The lowest BCUT2D eigenvalue weighted by molar-refractivity contribution is -0.130. The molecular formula is C20H20O2. The Balaban J connectivity index is 3.73. The molecule has 0 saturated heterocycles. The van der Waals surface area contributed by atoms with Gasteiger partial charge in [0.1, 0.15) is 0 Å². The number of carboxylic acid groups (broad SMARTS) is 1. The Kier molecular flexibility index (Phi) is 14.3. The molecule has 0 unspecified atom stereocenters. The summed E-state index contributed by atoms with van der Waals surface area (Å²) >= 11 is 0. The molecule has 0 rings (SSSR count). The highest BCUT2D eigenvalue weighted by Gasteiger charge is 1.88. The van der Waals surface area contributed by atoms with Crippen molar-refractivity contribution in [3.63, 3.8) is 0 Å². The predicted octanol–water partition coefficient (Wildman–Crippen LogP) is 3.23. The van der Waals surface area contributed by atoms with Crippen molar-refractivity contribution in [1.29, 1.82) is 0 Å². The molecule has 0 aromatic rings. The van der Waals surface area contributed by atoms with E-state index in [2.05, 4.69) is 60.2 Å². The number of carbonyl (C=O) groups is 1. The van der Waals surface area contributed by atoms with Crippen LogP contribution in [0.5, 0.6) is 0 Å². The van der Waals surface area contributed by atoms with E-state index in [1.165, 1.54) is 38.5 Å². The first-order valence-electron chi connectivity index (χ1n) is 7.49. The summed E-state index contributed by atoms with van der Waals surface area (Å²) < 4.78 is 0. The fourth-order valence-corrected chi connectivity index (χ4v) is 1.55. The van der Waals surface area contributed by atoms with Gasteiger partial charge in [0.15, 0.2) is 0 Å². The standard InChI is InChI=1S/C20H20O2/c1-2-3-4-5-6-7-8-9-10-11-12-13-14-15-16-17-18-19-20(21)22/h2-9H2,1H3,(H,21,22). The van der Waals surface area contributed by atoms with Crippen LogP contribution in [0.1, 0.15) is 58.3 Å². The van der Waals surface area contributed by atoms with E-state index in [1.807, 2.05) is 5.92 Å². The predicted molar refractivity (Wildman–Crippen MR) is 89.1 cm³/mol. The van der Waals surface area contributed by atoms with Crippen molar-refractivity contribution < 1.29 is 9.90 Å². The van der Waals surface area contributed by atoms with Gasteiger partial charge in [-0.3, -0.25) is 0 Å². The Morgan fingerprint density at radius 1 is 0.727 bits per heavy atom. The smallest absolute Gasteiger partial charge is 0.382 e. The summed E-state index contributed by atoms with van der Waals surface area (Å²) in [5.41, 5.74) is 0. The molecule has 0 atom stereocenters. The van der Waals surface area contributed by atoms with Crippen LogP contribution in [0.4, 0.5) is 0 Å². The van der Waals surface area contributed by atoms with E-state index in [0.29, 0.717) is 0 Å². The van der Waals surface area contributed by atoms with E-state index < -0.39 is 5.97 Å². The van der Waals surface area contributed by atoms with Crippen molar-refractivity contribution in [2.75, 3.05) is 0 Å². The second kappa shape index (κ2) is 16.3. The van der Waals surface area contributed by atoms with E-state index in [1.54, 1.807) is 0 Å². The maximum absolute atomic E-state index is 10.0. The normalized spacial score (nSPS) is 7.32. The summed E-state index contributed by atoms with van der Waals surface area (Å²) in [6.45, 7) is 2.22. The van der Waals surface area contributed by atoms with Crippen molar-refractivity contribution in [3.05, 3.63) is 0 Å². The maximum Gasteiger partial charge on any atom is 0.382 e. The van der Waals surface area contributed by atoms with Crippen LogP contribution in [0.15, 0.2) is 0 Å². The molecule has 0 bridgehead atoms. The number of aliphatic carboxylic acids is 1. The minimum atomic E-state index is -1.21. The Bertz CT molecular complexity index is 628. The van der Waals surface area contributed by atoms with Gasteiger partial charge in [0.2, 0.25) is 0 Å². The number of rotatable bonds is 7. The summed E-state index contributed by atoms with van der Waals surface area (Å²) in [6.07, 6.45) is 9.83. The van der Waals surface area contributed by atoms with Crippen molar-refractivity contribution in [3.8, 4) is 59.2 Å². The first-order valence-corrected chi connectivity index (χ1v) is 7.49. The van der Waals surface area contributed by atoms with Crippen LogP contribution >= 0.6 is 0 Å². The zero-order valence-corrected chi connectivity index (χ0v) is 13.0. The molecule has 0 fully saturated rings. The van der Waals surface area contributed by atoms with Crippen molar-refractivity contribution >= 4 is 5.97 Å². The highest BCUT2D eigenvalue weighted by Crippen LogP contribution is 2.07. The molecule has 0 aliphatic heterocycles. The summed E-state index contributed by atoms with van der Waals surface area (Å²) in [5, 5.41) is 8.22. The van der Waals surface area contributed by atoms with E-state index in [0.717, 1.165) is 12.8 Å². The number of hydrogen-bond donors (Lipinski definition) is 1. The van der Waals surface area contributed by atoms with Gasteiger partial charge in [0, 0.05) is 12.3 Å².